The first kappa shape index (κ1) is 14.7. The van der Waals surface area contributed by atoms with Crippen molar-refractivity contribution in [3.8, 4) is 0 Å². The fourth-order valence-corrected chi connectivity index (χ4v) is 4.65. The average molecular weight is 305 g/mol. The summed E-state index contributed by atoms with van der Waals surface area (Å²) in [5, 5.41) is 20.6. The Hall–Kier alpha value is -0.730. The molecule has 0 saturated heterocycles. The Kier molecular flexibility index (Phi) is 4.75. The van der Waals surface area contributed by atoms with Gasteiger partial charge in [0.25, 0.3) is 0 Å². The molecular formula is C11H19N3O3S2. The van der Waals surface area contributed by atoms with E-state index in [1.807, 2.05) is 0 Å². The third-order valence-corrected chi connectivity index (χ3v) is 6.26. The van der Waals surface area contributed by atoms with E-state index < -0.39 is 15.9 Å². The maximum Gasteiger partial charge on any atom is 0.234 e. The zero-order valence-electron chi connectivity index (χ0n) is 10.9. The molecule has 8 heteroatoms. The molecule has 6 nitrogen and oxygen atoms in total. The van der Waals surface area contributed by atoms with Gasteiger partial charge in [-0.1, -0.05) is 30.6 Å². The lowest BCUT2D eigenvalue weighted by atomic mass is 9.96. The van der Waals surface area contributed by atoms with E-state index in [1.54, 1.807) is 0 Å². The molecule has 0 bridgehead atoms. The van der Waals surface area contributed by atoms with Crippen LogP contribution in [-0.2, 0) is 9.84 Å². The molecule has 1 aromatic rings. The van der Waals surface area contributed by atoms with Crippen molar-refractivity contribution >= 4 is 26.3 Å². The Morgan fingerprint density at radius 1 is 1.37 bits per heavy atom. The van der Waals surface area contributed by atoms with Gasteiger partial charge in [-0.3, -0.25) is 0 Å². The first-order valence-electron chi connectivity index (χ1n) is 6.48. The number of sulfone groups is 1. The van der Waals surface area contributed by atoms with Crippen LogP contribution in [0.25, 0.3) is 0 Å². The molecular weight excluding hydrogens is 286 g/mol. The SMILES string of the molecule is C[C@@H](O)CS(=O)(=O)c1nnc(NC2CCCCC2)s1. The lowest BCUT2D eigenvalue weighted by molar-refractivity contribution is 0.218. The minimum absolute atomic E-state index is 0.0216. The Morgan fingerprint density at radius 2 is 2.05 bits per heavy atom. The van der Waals surface area contributed by atoms with Crippen LogP contribution in [0.2, 0.25) is 0 Å². The number of nitrogens with one attached hydrogen (secondary N) is 1. The third-order valence-electron chi connectivity index (χ3n) is 3.07. The summed E-state index contributed by atoms with van der Waals surface area (Å²) in [5.74, 6) is -0.314. The van der Waals surface area contributed by atoms with Crippen LogP contribution in [-0.4, -0.2) is 41.6 Å². The number of anilines is 1. The molecule has 0 aromatic carbocycles. The summed E-state index contributed by atoms with van der Waals surface area (Å²) in [6.45, 7) is 1.44. The first-order chi connectivity index (χ1) is 8.97. The standard InChI is InChI=1S/C11H19N3O3S2/c1-8(15)7-19(16,17)11-14-13-10(18-11)12-9-5-3-2-4-6-9/h8-9,15H,2-7H2,1H3,(H,12,13)/t8-/m1/s1. The normalized spacial score (nSPS) is 19.3. The molecule has 1 aromatic heterocycles. The number of rotatable bonds is 5. The van der Waals surface area contributed by atoms with Crippen molar-refractivity contribution in [1.29, 1.82) is 0 Å². The fraction of sp³-hybridized carbons (Fsp3) is 0.818. The Balaban J connectivity index is 2.02. The monoisotopic (exact) mass is 305 g/mol. The van der Waals surface area contributed by atoms with Gasteiger partial charge in [-0.2, -0.15) is 0 Å². The summed E-state index contributed by atoms with van der Waals surface area (Å²) >= 11 is 1.04. The molecule has 0 aliphatic heterocycles. The van der Waals surface area contributed by atoms with E-state index in [0.29, 0.717) is 11.2 Å². The van der Waals surface area contributed by atoms with Crippen molar-refractivity contribution in [3.05, 3.63) is 0 Å². The Morgan fingerprint density at radius 3 is 2.68 bits per heavy atom. The van der Waals surface area contributed by atoms with Crippen LogP contribution in [0.15, 0.2) is 4.34 Å². The lowest BCUT2D eigenvalue weighted by Gasteiger charge is -2.21. The maximum absolute atomic E-state index is 11.9. The molecule has 0 amide bonds. The second kappa shape index (κ2) is 6.15. The maximum atomic E-state index is 11.9. The molecule has 108 valence electrons. The van der Waals surface area contributed by atoms with Crippen LogP contribution in [0.1, 0.15) is 39.0 Å². The summed E-state index contributed by atoms with van der Waals surface area (Å²) in [7, 11) is -3.52. The van der Waals surface area contributed by atoms with Gasteiger partial charge in [0.05, 0.1) is 11.9 Å². The van der Waals surface area contributed by atoms with Gasteiger partial charge in [-0.15, -0.1) is 10.2 Å². The van der Waals surface area contributed by atoms with E-state index >= 15 is 0 Å². The van der Waals surface area contributed by atoms with Gasteiger partial charge in [-0.25, -0.2) is 8.42 Å². The highest BCUT2D eigenvalue weighted by Gasteiger charge is 2.23. The summed E-state index contributed by atoms with van der Waals surface area (Å²) in [6.07, 6.45) is 4.95. The van der Waals surface area contributed by atoms with E-state index in [2.05, 4.69) is 15.5 Å². The minimum atomic E-state index is -3.52. The highest BCUT2D eigenvalue weighted by molar-refractivity contribution is 7.93. The summed E-state index contributed by atoms with van der Waals surface area (Å²) < 4.78 is 23.7. The molecule has 0 unspecified atom stereocenters. The number of hydrogen-bond acceptors (Lipinski definition) is 7. The van der Waals surface area contributed by atoms with Crippen LogP contribution in [0.5, 0.6) is 0 Å². The van der Waals surface area contributed by atoms with Crippen molar-refractivity contribution in [1.82, 2.24) is 10.2 Å². The third kappa shape index (κ3) is 4.12. The van der Waals surface area contributed by atoms with Crippen LogP contribution in [0.4, 0.5) is 5.13 Å². The molecule has 0 spiro atoms. The molecule has 2 N–H and O–H groups in total. The fourth-order valence-electron chi connectivity index (χ4n) is 2.20. The van der Waals surface area contributed by atoms with Crippen LogP contribution in [0.3, 0.4) is 0 Å². The zero-order chi connectivity index (χ0) is 13.9. The minimum Gasteiger partial charge on any atom is -0.392 e. The number of aliphatic hydroxyl groups is 1. The highest BCUT2D eigenvalue weighted by atomic mass is 32.2. The molecule has 0 radical (unpaired) electrons. The zero-order valence-corrected chi connectivity index (χ0v) is 12.5. The number of aromatic nitrogens is 2. The van der Waals surface area contributed by atoms with Gasteiger partial charge in [0.2, 0.25) is 19.3 Å². The molecule has 1 fully saturated rings. The summed E-state index contributed by atoms with van der Waals surface area (Å²) in [5.41, 5.74) is 0. The molecule has 1 aliphatic carbocycles. The largest absolute Gasteiger partial charge is 0.392 e. The topological polar surface area (TPSA) is 92.2 Å². The van der Waals surface area contributed by atoms with Crippen molar-refractivity contribution < 1.29 is 13.5 Å². The van der Waals surface area contributed by atoms with Gasteiger partial charge < -0.3 is 10.4 Å². The molecule has 2 rings (SSSR count). The van der Waals surface area contributed by atoms with Gasteiger partial charge in [0, 0.05) is 6.04 Å². The second-order valence-electron chi connectivity index (χ2n) is 4.98. The molecule has 1 heterocycles. The van der Waals surface area contributed by atoms with E-state index in [0.717, 1.165) is 24.2 Å². The van der Waals surface area contributed by atoms with Crippen LogP contribution in [0, 0.1) is 0 Å². The van der Waals surface area contributed by atoms with E-state index in [-0.39, 0.29) is 10.1 Å². The second-order valence-corrected chi connectivity index (χ2v) is 8.17. The van der Waals surface area contributed by atoms with Gasteiger partial charge in [0.1, 0.15) is 0 Å². The molecule has 1 saturated carbocycles. The van der Waals surface area contributed by atoms with Crippen molar-refractivity contribution in [3.63, 3.8) is 0 Å². The predicted molar refractivity (Wildman–Crippen MR) is 74.1 cm³/mol. The smallest absolute Gasteiger partial charge is 0.234 e. The van der Waals surface area contributed by atoms with Crippen LogP contribution < -0.4 is 5.32 Å². The van der Waals surface area contributed by atoms with Crippen molar-refractivity contribution in [2.45, 2.75) is 55.5 Å². The van der Waals surface area contributed by atoms with Gasteiger partial charge in [-0.05, 0) is 19.8 Å². The quantitative estimate of drug-likeness (QED) is 0.855. The molecule has 19 heavy (non-hydrogen) atoms. The van der Waals surface area contributed by atoms with E-state index in [9.17, 15) is 13.5 Å². The highest BCUT2D eigenvalue weighted by Crippen LogP contribution is 2.26. The first-order valence-corrected chi connectivity index (χ1v) is 8.95. The van der Waals surface area contributed by atoms with Gasteiger partial charge >= 0.3 is 0 Å². The number of hydrogen-bond donors (Lipinski definition) is 2. The van der Waals surface area contributed by atoms with Gasteiger partial charge in [0.15, 0.2) is 0 Å². The summed E-state index contributed by atoms with van der Waals surface area (Å²) in [6, 6.07) is 0.369. The number of aliphatic hydroxyl groups excluding tert-OH is 1. The number of nitrogens with zero attached hydrogens (tertiary/aromatic N) is 2. The lowest BCUT2D eigenvalue weighted by Crippen LogP contribution is -2.22. The van der Waals surface area contributed by atoms with Crippen molar-refractivity contribution in [2.24, 2.45) is 0 Å². The Labute approximate surface area is 117 Å². The van der Waals surface area contributed by atoms with Crippen molar-refractivity contribution in [2.75, 3.05) is 11.1 Å². The van der Waals surface area contributed by atoms with Crippen LogP contribution >= 0.6 is 11.3 Å². The van der Waals surface area contributed by atoms with E-state index in [4.69, 9.17) is 0 Å². The Bertz CT molecular complexity index is 507. The molecule has 1 aliphatic rings. The average Bonchev–Trinajstić information content (AvgIpc) is 2.78. The predicted octanol–water partition coefficient (Wildman–Crippen LogP) is 1.44. The summed E-state index contributed by atoms with van der Waals surface area (Å²) in [4.78, 5) is 0. The molecule has 1 atom stereocenters. The van der Waals surface area contributed by atoms with E-state index in [1.165, 1.54) is 26.2 Å².